The van der Waals surface area contributed by atoms with Gasteiger partial charge in [0.15, 0.2) is 0 Å². The molecule has 0 fully saturated rings. The lowest BCUT2D eigenvalue weighted by Gasteiger charge is -2.20. The zero-order chi connectivity index (χ0) is 16.0. The van der Waals surface area contributed by atoms with Crippen LogP contribution in [0.2, 0.25) is 0 Å². The molecule has 0 aliphatic carbocycles. The van der Waals surface area contributed by atoms with Crippen LogP contribution in [0.5, 0.6) is 0 Å². The first kappa shape index (κ1) is 17.2. The van der Waals surface area contributed by atoms with Crippen molar-refractivity contribution in [2.45, 2.75) is 46.6 Å². The number of aryl methyl sites for hydroxylation is 1. The van der Waals surface area contributed by atoms with Gasteiger partial charge in [-0.3, -0.25) is 9.59 Å². The lowest BCUT2D eigenvalue weighted by molar-refractivity contribution is -0.116. The Bertz CT molecular complexity index is 519. The lowest BCUT2D eigenvalue weighted by Crippen LogP contribution is -2.37. The van der Waals surface area contributed by atoms with Crippen molar-refractivity contribution in [3.63, 3.8) is 0 Å². The number of carbonyl (C=O) groups excluding carboxylic acids is 2. The van der Waals surface area contributed by atoms with E-state index in [0.717, 1.165) is 5.56 Å². The highest BCUT2D eigenvalue weighted by Crippen LogP contribution is 2.20. The molecule has 116 valence electrons. The molecule has 2 amide bonds. The third kappa shape index (κ3) is 6.90. The van der Waals surface area contributed by atoms with E-state index in [2.05, 4.69) is 36.7 Å². The minimum atomic E-state index is -0.129. The molecule has 0 saturated carbocycles. The smallest absolute Gasteiger partial charge is 0.225 e. The molecule has 0 spiro atoms. The molecule has 0 aliphatic rings. The molecule has 0 aromatic heterocycles. The van der Waals surface area contributed by atoms with E-state index in [1.165, 1.54) is 6.92 Å². The lowest BCUT2D eigenvalue weighted by atomic mass is 10.1. The van der Waals surface area contributed by atoms with Crippen molar-refractivity contribution in [2.24, 2.45) is 0 Å². The van der Waals surface area contributed by atoms with Gasteiger partial charge in [-0.05, 0) is 45.4 Å². The van der Waals surface area contributed by atoms with E-state index in [9.17, 15) is 9.59 Å². The number of hydrogen-bond donors (Lipinski definition) is 3. The fourth-order valence-corrected chi connectivity index (χ4v) is 1.80. The van der Waals surface area contributed by atoms with Crippen LogP contribution in [0.4, 0.5) is 11.4 Å². The first-order chi connectivity index (χ1) is 9.67. The summed E-state index contributed by atoms with van der Waals surface area (Å²) in [7, 11) is 0. The molecule has 21 heavy (non-hydrogen) atoms. The maximum Gasteiger partial charge on any atom is 0.225 e. The molecular formula is C16H25N3O2. The zero-order valence-corrected chi connectivity index (χ0v) is 13.5. The highest BCUT2D eigenvalue weighted by atomic mass is 16.2. The zero-order valence-electron chi connectivity index (χ0n) is 13.5. The van der Waals surface area contributed by atoms with E-state index in [1.54, 1.807) is 6.07 Å². The molecule has 0 aliphatic heterocycles. The van der Waals surface area contributed by atoms with Gasteiger partial charge >= 0.3 is 0 Å². The van der Waals surface area contributed by atoms with Gasteiger partial charge in [0.05, 0.1) is 0 Å². The van der Waals surface area contributed by atoms with Crippen LogP contribution in [0.25, 0.3) is 0 Å². The molecule has 0 unspecified atom stereocenters. The van der Waals surface area contributed by atoms with Crippen LogP contribution < -0.4 is 16.0 Å². The number of benzene rings is 1. The van der Waals surface area contributed by atoms with Crippen molar-refractivity contribution in [3.05, 3.63) is 23.8 Å². The maximum absolute atomic E-state index is 11.9. The molecule has 0 radical (unpaired) electrons. The van der Waals surface area contributed by atoms with Crippen molar-refractivity contribution in [2.75, 3.05) is 17.2 Å². The second kappa shape index (κ2) is 7.22. The summed E-state index contributed by atoms with van der Waals surface area (Å²) in [6.07, 6.45) is 0.403. The van der Waals surface area contributed by atoms with E-state index in [-0.39, 0.29) is 17.4 Å². The molecular weight excluding hydrogens is 266 g/mol. The molecule has 0 bridgehead atoms. The number of carbonyl (C=O) groups is 2. The van der Waals surface area contributed by atoms with Gasteiger partial charge in [-0.15, -0.1) is 0 Å². The van der Waals surface area contributed by atoms with Crippen LogP contribution in [0.15, 0.2) is 18.2 Å². The summed E-state index contributed by atoms with van der Waals surface area (Å²) < 4.78 is 0. The number of anilines is 2. The van der Waals surface area contributed by atoms with E-state index >= 15 is 0 Å². The third-order valence-electron chi connectivity index (χ3n) is 2.84. The molecule has 3 N–H and O–H groups in total. The predicted molar refractivity (Wildman–Crippen MR) is 86.5 cm³/mol. The van der Waals surface area contributed by atoms with Crippen LogP contribution >= 0.6 is 0 Å². The van der Waals surface area contributed by atoms with Gasteiger partial charge in [0.2, 0.25) is 11.8 Å². The Hall–Kier alpha value is -1.88. The summed E-state index contributed by atoms with van der Waals surface area (Å²) in [6.45, 7) is 10.2. The summed E-state index contributed by atoms with van der Waals surface area (Å²) in [5.41, 5.74) is 2.36. The fourth-order valence-electron chi connectivity index (χ4n) is 1.80. The molecule has 0 atom stereocenters. The standard InChI is InChI=1S/C16H25N3O2/c1-11-6-7-13(10-14(11)18-12(2)20)19-15(21)8-9-17-16(3,4)5/h6-7,10,17H,8-9H2,1-5H3,(H,18,20)(H,19,21). The van der Waals surface area contributed by atoms with Crippen molar-refractivity contribution >= 4 is 23.2 Å². The molecule has 5 nitrogen and oxygen atoms in total. The van der Waals surface area contributed by atoms with Gasteiger partial charge in [0.25, 0.3) is 0 Å². The summed E-state index contributed by atoms with van der Waals surface area (Å²) in [5, 5.41) is 8.85. The second-order valence-corrected chi connectivity index (χ2v) is 6.19. The molecule has 0 heterocycles. The Morgan fingerprint density at radius 3 is 2.38 bits per heavy atom. The van der Waals surface area contributed by atoms with E-state index in [1.807, 2.05) is 19.1 Å². The number of hydrogen-bond acceptors (Lipinski definition) is 3. The Kier molecular flexibility index (Phi) is 5.90. The second-order valence-electron chi connectivity index (χ2n) is 6.19. The Balaban J connectivity index is 2.58. The van der Waals surface area contributed by atoms with Gasteiger partial charge in [-0.2, -0.15) is 0 Å². The quantitative estimate of drug-likeness (QED) is 0.781. The normalized spacial score (nSPS) is 11.1. The average molecular weight is 291 g/mol. The predicted octanol–water partition coefficient (Wildman–Crippen LogP) is 2.67. The Morgan fingerprint density at radius 1 is 1.14 bits per heavy atom. The SMILES string of the molecule is CC(=O)Nc1cc(NC(=O)CCNC(C)(C)C)ccc1C. The van der Waals surface area contributed by atoms with Crippen molar-refractivity contribution in [1.29, 1.82) is 0 Å². The maximum atomic E-state index is 11.9. The first-order valence-electron chi connectivity index (χ1n) is 7.10. The first-order valence-corrected chi connectivity index (χ1v) is 7.10. The highest BCUT2D eigenvalue weighted by molar-refractivity contribution is 5.94. The molecule has 0 saturated heterocycles. The number of nitrogens with one attached hydrogen (secondary N) is 3. The number of amides is 2. The average Bonchev–Trinajstić information content (AvgIpc) is 2.31. The summed E-state index contributed by atoms with van der Waals surface area (Å²) in [6, 6.07) is 5.47. The summed E-state index contributed by atoms with van der Waals surface area (Å²) in [5.74, 6) is -0.180. The molecule has 1 aromatic rings. The van der Waals surface area contributed by atoms with E-state index < -0.39 is 0 Å². The minimum absolute atomic E-state index is 0.00269. The Labute approximate surface area is 126 Å². The van der Waals surface area contributed by atoms with Crippen molar-refractivity contribution in [3.8, 4) is 0 Å². The fraction of sp³-hybridized carbons (Fsp3) is 0.500. The van der Waals surface area contributed by atoms with E-state index in [0.29, 0.717) is 24.3 Å². The monoisotopic (exact) mass is 291 g/mol. The van der Waals surface area contributed by atoms with Gasteiger partial charge in [0, 0.05) is 36.8 Å². The minimum Gasteiger partial charge on any atom is -0.326 e. The van der Waals surface area contributed by atoms with Crippen molar-refractivity contribution < 1.29 is 9.59 Å². The van der Waals surface area contributed by atoms with E-state index in [4.69, 9.17) is 0 Å². The van der Waals surface area contributed by atoms with Crippen LogP contribution in [0, 0.1) is 6.92 Å². The Morgan fingerprint density at radius 2 is 1.81 bits per heavy atom. The topological polar surface area (TPSA) is 70.2 Å². The summed E-state index contributed by atoms with van der Waals surface area (Å²) in [4.78, 5) is 23.0. The van der Waals surface area contributed by atoms with Gasteiger partial charge in [-0.25, -0.2) is 0 Å². The molecule has 1 rings (SSSR count). The van der Waals surface area contributed by atoms with Gasteiger partial charge < -0.3 is 16.0 Å². The van der Waals surface area contributed by atoms with Crippen LogP contribution in [-0.4, -0.2) is 23.9 Å². The van der Waals surface area contributed by atoms with Gasteiger partial charge in [-0.1, -0.05) is 6.07 Å². The number of rotatable bonds is 5. The molecule has 1 aromatic carbocycles. The van der Waals surface area contributed by atoms with Crippen LogP contribution in [0.1, 0.15) is 39.7 Å². The third-order valence-corrected chi connectivity index (χ3v) is 2.84. The highest BCUT2D eigenvalue weighted by Gasteiger charge is 2.10. The molecule has 5 heteroatoms. The van der Waals surface area contributed by atoms with Crippen LogP contribution in [-0.2, 0) is 9.59 Å². The van der Waals surface area contributed by atoms with Gasteiger partial charge in [0.1, 0.15) is 0 Å². The van der Waals surface area contributed by atoms with Crippen molar-refractivity contribution in [1.82, 2.24) is 5.32 Å². The largest absolute Gasteiger partial charge is 0.326 e. The van der Waals surface area contributed by atoms with Crippen LogP contribution in [0.3, 0.4) is 0 Å². The summed E-state index contributed by atoms with van der Waals surface area (Å²) >= 11 is 0.